The van der Waals surface area contributed by atoms with Crippen LogP contribution in [0.4, 0.5) is 17.1 Å². The maximum absolute atomic E-state index is 2.49. The molecule has 0 aliphatic carbocycles. The third-order valence-electron chi connectivity index (χ3n) is 13.1. The Labute approximate surface area is 384 Å². The van der Waals surface area contributed by atoms with E-state index in [-0.39, 0.29) is 12.1 Å². The Kier molecular flexibility index (Phi) is 9.44. The summed E-state index contributed by atoms with van der Waals surface area (Å²) in [6.07, 6.45) is 0. The molecule has 2 aliphatic heterocycles. The Morgan fingerprint density at radius 3 is 1.42 bits per heavy atom. The summed E-state index contributed by atoms with van der Waals surface area (Å²) < 4.78 is 0. The lowest BCUT2D eigenvalue weighted by atomic mass is 9.36. The molecule has 0 aromatic heterocycles. The fourth-order valence-electron chi connectivity index (χ4n) is 10.1. The Morgan fingerprint density at radius 1 is 0.359 bits per heavy atom. The third kappa shape index (κ3) is 6.59. The van der Waals surface area contributed by atoms with E-state index in [2.05, 4.69) is 238 Å². The molecule has 1 nitrogen and oxygen atoms in total. The van der Waals surface area contributed by atoms with Crippen LogP contribution in [0.25, 0.3) is 54.9 Å². The van der Waals surface area contributed by atoms with Crippen LogP contribution in [-0.2, 0) is 5.41 Å². The molecule has 10 aromatic carbocycles. The maximum Gasteiger partial charge on any atom is 0.247 e. The molecule has 64 heavy (non-hydrogen) atoms. The van der Waals surface area contributed by atoms with Crippen molar-refractivity contribution in [3.05, 3.63) is 218 Å². The van der Waals surface area contributed by atoms with Crippen LogP contribution in [0, 0.1) is 0 Å². The summed E-state index contributed by atoms with van der Waals surface area (Å²) in [7, 11) is 0. The number of anilines is 3. The van der Waals surface area contributed by atoms with Crippen LogP contribution in [0.3, 0.4) is 0 Å². The van der Waals surface area contributed by atoms with Crippen LogP contribution < -0.4 is 21.3 Å². The zero-order chi connectivity index (χ0) is 42.9. The highest BCUT2D eigenvalue weighted by atomic mass is 32.2. The van der Waals surface area contributed by atoms with Crippen molar-refractivity contribution in [3.8, 4) is 33.4 Å². The number of fused-ring (bicyclic) bond motifs is 6. The van der Waals surface area contributed by atoms with Crippen LogP contribution in [-0.4, -0.2) is 6.71 Å². The molecule has 2 aliphatic rings. The number of nitrogens with zero attached hydrogens (tertiary/aromatic N) is 1. The SMILES string of the molecule is CC(C)(C)c1cc(-c2cc3c4c(c2)Sc2cc(N(c5ccccc5)c5ccccc5)ccc2B4c2ccccc2S3)cc(-c2c3ccccc3c(-c3ccccc3)c3ccccc23)c1. The molecular formula is C60H44BNS2. The van der Waals surface area contributed by atoms with Gasteiger partial charge in [-0.3, -0.25) is 0 Å². The van der Waals surface area contributed by atoms with Gasteiger partial charge in [0.2, 0.25) is 6.71 Å². The van der Waals surface area contributed by atoms with E-state index in [0.717, 1.165) is 17.1 Å². The number of para-hydroxylation sites is 2. The number of hydrogen-bond acceptors (Lipinski definition) is 3. The third-order valence-corrected chi connectivity index (χ3v) is 15.4. The zero-order valence-electron chi connectivity index (χ0n) is 36.0. The Bertz CT molecular complexity index is 3330. The van der Waals surface area contributed by atoms with Crippen molar-refractivity contribution in [1.82, 2.24) is 0 Å². The summed E-state index contributed by atoms with van der Waals surface area (Å²) in [5, 5.41) is 5.10. The van der Waals surface area contributed by atoms with Crippen molar-refractivity contribution in [1.29, 1.82) is 0 Å². The smallest absolute Gasteiger partial charge is 0.247 e. The van der Waals surface area contributed by atoms with E-state index in [0.29, 0.717) is 0 Å². The molecule has 0 bridgehead atoms. The van der Waals surface area contributed by atoms with Gasteiger partial charge in [0.25, 0.3) is 0 Å². The molecule has 2 heterocycles. The van der Waals surface area contributed by atoms with Crippen LogP contribution in [0.1, 0.15) is 26.3 Å². The van der Waals surface area contributed by atoms with Gasteiger partial charge in [-0.1, -0.05) is 207 Å². The van der Waals surface area contributed by atoms with Crippen molar-refractivity contribution in [3.63, 3.8) is 0 Å². The van der Waals surface area contributed by atoms with E-state index in [4.69, 9.17) is 0 Å². The van der Waals surface area contributed by atoms with E-state index in [1.807, 2.05) is 23.5 Å². The van der Waals surface area contributed by atoms with Gasteiger partial charge < -0.3 is 4.90 Å². The molecule has 0 unspecified atom stereocenters. The molecule has 0 amide bonds. The van der Waals surface area contributed by atoms with Gasteiger partial charge in [0.05, 0.1) is 0 Å². The van der Waals surface area contributed by atoms with Gasteiger partial charge in [-0.25, -0.2) is 0 Å². The minimum atomic E-state index is -0.0743. The van der Waals surface area contributed by atoms with E-state index >= 15 is 0 Å². The molecule has 304 valence electrons. The Hall–Kier alpha value is -6.72. The molecular weight excluding hydrogens is 810 g/mol. The number of benzene rings is 10. The molecule has 0 spiro atoms. The predicted molar refractivity (Wildman–Crippen MR) is 277 cm³/mol. The lowest BCUT2D eigenvalue weighted by molar-refractivity contribution is 0.591. The second kappa shape index (κ2) is 15.5. The largest absolute Gasteiger partial charge is 0.310 e. The monoisotopic (exact) mass is 853 g/mol. The summed E-state index contributed by atoms with van der Waals surface area (Å²) in [5.74, 6) is 0. The normalized spacial score (nSPS) is 12.8. The van der Waals surface area contributed by atoms with Crippen molar-refractivity contribution < 1.29 is 0 Å². The van der Waals surface area contributed by atoms with E-state index in [1.165, 1.54) is 96.5 Å². The summed E-state index contributed by atoms with van der Waals surface area (Å²) in [4.78, 5) is 7.70. The topological polar surface area (TPSA) is 3.24 Å². The van der Waals surface area contributed by atoms with Gasteiger partial charge in [-0.05, 0) is 132 Å². The molecule has 0 saturated heterocycles. The summed E-state index contributed by atoms with van der Waals surface area (Å²) in [6, 6.07) is 79.0. The molecule has 0 atom stereocenters. The number of rotatable bonds is 6. The van der Waals surface area contributed by atoms with Crippen LogP contribution in [0.5, 0.6) is 0 Å². The second-order valence-corrected chi connectivity index (χ2v) is 20.2. The van der Waals surface area contributed by atoms with Crippen molar-refractivity contribution >= 4 is 85.2 Å². The van der Waals surface area contributed by atoms with Gasteiger partial charge >= 0.3 is 0 Å². The van der Waals surface area contributed by atoms with Crippen molar-refractivity contribution in [2.24, 2.45) is 0 Å². The standard InChI is InChI=1S/C60H44BNS2/c1-60(2,3)43-34-40(33-42(35-43)58-49-27-15-13-25-47(49)57(39-19-7-4-8-20-39)48-26-14-16-28-50(48)58)41-36-55-59-56(37-41)64-54-38-46(31-32-52(54)61(59)51-29-17-18-30-53(51)63-55)62(44-21-9-5-10-22-44)45-23-11-6-12-24-45/h4-38H,1-3H3. The summed E-state index contributed by atoms with van der Waals surface area (Å²) in [5.41, 5.74) is 16.5. The molecule has 0 radical (unpaired) electrons. The van der Waals surface area contributed by atoms with Crippen LogP contribution >= 0.6 is 23.5 Å². The molecule has 4 heteroatoms. The first-order chi connectivity index (χ1) is 31.4. The molecule has 0 N–H and O–H groups in total. The van der Waals surface area contributed by atoms with Crippen molar-refractivity contribution in [2.75, 3.05) is 4.90 Å². The molecule has 10 aromatic rings. The number of hydrogen-bond donors (Lipinski definition) is 0. The first kappa shape index (κ1) is 38.9. The minimum absolute atomic E-state index is 0.0743. The van der Waals surface area contributed by atoms with E-state index < -0.39 is 0 Å². The molecule has 12 rings (SSSR count). The summed E-state index contributed by atoms with van der Waals surface area (Å²) >= 11 is 3.86. The van der Waals surface area contributed by atoms with Gasteiger partial charge in [0.1, 0.15) is 0 Å². The zero-order valence-corrected chi connectivity index (χ0v) is 37.7. The average Bonchev–Trinajstić information content (AvgIpc) is 3.33. The van der Waals surface area contributed by atoms with Crippen LogP contribution in [0.2, 0.25) is 0 Å². The van der Waals surface area contributed by atoms with Crippen LogP contribution in [0.15, 0.2) is 232 Å². The lowest BCUT2D eigenvalue weighted by Gasteiger charge is -2.34. The van der Waals surface area contributed by atoms with Gasteiger partial charge in [0.15, 0.2) is 0 Å². The van der Waals surface area contributed by atoms with Gasteiger partial charge in [-0.2, -0.15) is 0 Å². The highest BCUT2D eigenvalue weighted by molar-refractivity contribution is 8.01. The first-order valence-electron chi connectivity index (χ1n) is 22.2. The fraction of sp³-hybridized carbons (Fsp3) is 0.0667. The Morgan fingerprint density at radius 2 is 0.828 bits per heavy atom. The molecule has 0 saturated carbocycles. The van der Waals surface area contributed by atoms with E-state index in [9.17, 15) is 0 Å². The first-order valence-corrected chi connectivity index (χ1v) is 23.8. The van der Waals surface area contributed by atoms with E-state index in [1.54, 1.807) is 0 Å². The van der Waals surface area contributed by atoms with Crippen molar-refractivity contribution in [2.45, 2.75) is 45.8 Å². The Balaban J connectivity index is 1.06. The quantitative estimate of drug-likeness (QED) is 0.121. The lowest BCUT2D eigenvalue weighted by Crippen LogP contribution is -2.58. The molecule has 0 fully saturated rings. The predicted octanol–water partition coefficient (Wildman–Crippen LogP) is 15.2. The highest BCUT2D eigenvalue weighted by Crippen LogP contribution is 2.47. The maximum atomic E-state index is 2.49. The minimum Gasteiger partial charge on any atom is -0.310 e. The second-order valence-electron chi connectivity index (χ2n) is 18.0. The van der Waals surface area contributed by atoms with Gasteiger partial charge in [0, 0.05) is 36.6 Å². The average molecular weight is 854 g/mol. The highest BCUT2D eigenvalue weighted by Gasteiger charge is 2.39. The van der Waals surface area contributed by atoms with Gasteiger partial charge in [-0.15, -0.1) is 0 Å². The summed E-state index contributed by atoms with van der Waals surface area (Å²) in [6.45, 7) is 7.19. The fourth-order valence-corrected chi connectivity index (χ4v) is 12.6.